The van der Waals surface area contributed by atoms with Gasteiger partial charge in [0.1, 0.15) is 6.26 Å². The lowest BCUT2D eigenvalue weighted by atomic mass is 10.2. The van der Waals surface area contributed by atoms with Crippen LogP contribution < -0.4 is 5.73 Å². The molecule has 2 rings (SSSR count). The number of carbonyl (C=O) groups is 1. The highest BCUT2D eigenvalue weighted by Gasteiger charge is 2.21. The van der Waals surface area contributed by atoms with E-state index in [1.54, 1.807) is 16.7 Å². The van der Waals surface area contributed by atoms with Crippen molar-refractivity contribution < 1.29 is 9.21 Å². The van der Waals surface area contributed by atoms with E-state index in [-0.39, 0.29) is 11.9 Å². The Morgan fingerprint density at radius 3 is 3.00 bits per heavy atom. The number of hydrogen-bond donors (Lipinski definition) is 1. The van der Waals surface area contributed by atoms with Gasteiger partial charge in [-0.2, -0.15) is 11.8 Å². The topological polar surface area (TPSA) is 72.4 Å². The number of aromatic nitrogens is 1. The van der Waals surface area contributed by atoms with Crippen molar-refractivity contribution in [2.24, 2.45) is 5.73 Å². The Morgan fingerprint density at radius 2 is 2.33 bits per heavy atom. The van der Waals surface area contributed by atoms with Gasteiger partial charge in [0, 0.05) is 13.1 Å². The number of carbonyl (C=O) groups excluding carboxylic acids is 1. The Balaban J connectivity index is 1.98. The summed E-state index contributed by atoms with van der Waals surface area (Å²) in [7, 11) is 0. The molecule has 0 spiro atoms. The number of amides is 1. The van der Waals surface area contributed by atoms with Crippen LogP contribution in [0.25, 0.3) is 0 Å². The molecule has 18 heavy (non-hydrogen) atoms. The highest BCUT2D eigenvalue weighted by atomic mass is 32.2. The summed E-state index contributed by atoms with van der Waals surface area (Å²) in [5.41, 5.74) is 6.28. The van der Waals surface area contributed by atoms with Crippen molar-refractivity contribution in [3.63, 3.8) is 0 Å². The predicted octanol–water partition coefficient (Wildman–Crippen LogP) is 1.44. The lowest BCUT2D eigenvalue weighted by Crippen LogP contribution is -2.28. The molecule has 1 aliphatic rings. The number of nitrogens with two attached hydrogens (primary N) is 1. The smallest absolute Gasteiger partial charge is 0.276 e. The maximum atomic E-state index is 12.0. The molecule has 0 radical (unpaired) electrons. The molecule has 1 amide bonds. The van der Waals surface area contributed by atoms with Gasteiger partial charge in [0.25, 0.3) is 5.91 Å². The Hall–Kier alpha value is -1.27. The SMILES string of the molecule is CSCCC(N)c1nc(C(=O)N2CC=CC2)co1. The Morgan fingerprint density at radius 1 is 1.61 bits per heavy atom. The molecule has 5 nitrogen and oxygen atoms in total. The average molecular weight is 267 g/mol. The summed E-state index contributed by atoms with van der Waals surface area (Å²) in [4.78, 5) is 17.9. The van der Waals surface area contributed by atoms with Crippen molar-refractivity contribution in [2.45, 2.75) is 12.5 Å². The van der Waals surface area contributed by atoms with Crippen LogP contribution in [0.5, 0.6) is 0 Å². The summed E-state index contributed by atoms with van der Waals surface area (Å²) in [5, 5.41) is 0. The van der Waals surface area contributed by atoms with Crippen LogP contribution in [0.4, 0.5) is 0 Å². The van der Waals surface area contributed by atoms with Gasteiger partial charge < -0.3 is 15.1 Å². The quantitative estimate of drug-likeness (QED) is 0.817. The molecule has 6 heteroatoms. The lowest BCUT2D eigenvalue weighted by molar-refractivity contribution is 0.0794. The third-order valence-corrected chi connectivity index (χ3v) is 3.44. The molecule has 1 atom stereocenters. The second kappa shape index (κ2) is 6.06. The molecule has 1 aromatic rings. The first-order valence-electron chi connectivity index (χ1n) is 5.86. The summed E-state index contributed by atoms with van der Waals surface area (Å²) in [5.74, 6) is 1.29. The molecule has 1 aliphatic heterocycles. The maximum Gasteiger partial charge on any atom is 0.276 e. The number of hydrogen-bond acceptors (Lipinski definition) is 5. The molecule has 0 aliphatic carbocycles. The molecule has 0 fully saturated rings. The van der Waals surface area contributed by atoms with Crippen LogP contribution in [0.2, 0.25) is 0 Å². The van der Waals surface area contributed by atoms with Gasteiger partial charge in [-0.15, -0.1) is 0 Å². The fourth-order valence-electron chi connectivity index (χ4n) is 1.73. The van der Waals surface area contributed by atoms with E-state index in [0.29, 0.717) is 24.7 Å². The van der Waals surface area contributed by atoms with Crippen LogP contribution in [-0.2, 0) is 0 Å². The van der Waals surface area contributed by atoms with Crippen molar-refractivity contribution >= 4 is 17.7 Å². The summed E-state index contributed by atoms with van der Waals surface area (Å²) in [6.07, 6.45) is 8.14. The molecule has 0 saturated carbocycles. The van der Waals surface area contributed by atoms with E-state index in [4.69, 9.17) is 10.2 Å². The zero-order valence-corrected chi connectivity index (χ0v) is 11.2. The molecule has 2 N–H and O–H groups in total. The third kappa shape index (κ3) is 2.94. The number of thioether (sulfide) groups is 1. The highest BCUT2D eigenvalue weighted by molar-refractivity contribution is 7.98. The van der Waals surface area contributed by atoms with Gasteiger partial charge in [-0.1, -0.05) is 12.2 Å². The first kappa shape index (κ1) is 13.2. The summed E-state index contributed by atoms with van der Waals surface area (Å²) in [6, 6.07) is -0.240. The van der Waals surface area contributed by atoms with Gasteiger partial charge >= 0.3 is 0 Å². The van der Waals surface area contributed by atoms with Crippen molar-refractivity contribution in [1.82, 2.24) is 9.88 Å². The van der Waals surface area contributed by atoms with Gasteiger partial charge in [0.05, 0.1) is 6.04 Å². The molecule has 1 unspecified atom stereocenters. The minimum Gasteiger partial charge on any atom is -0.446 e. The molecular formula is C12H17N3O2S. The first-order chi connectivity index (χ1) is 8.72. The van der Waals surface area contributed by atoms with Crippen molar-refractivity contribution in [3.05, 3.63) is 30.0 Å². The Labute approximate surface area is 110 Å². The zero-order chi connectivity index (χ0) is 13.0. The van der Waals surface area contributed by atoms with Gasteiger partial charge in [0.15, 0.2) is 5.69 Å². The van der Waals surface area contributed by atoms with Crippen molar-refractivity contribution in [2.75, 3.05) is 25.1 Å². The second-order valence-electron chi connectivity index (χ2n) is 4.14. The van der Waals surface area contributed by atoms with Crippen LogP contribution in [0.3, 0.4) is 0 Å². The van der Waals surface area contributed by atoms with E-state index in [9.17, 15) is 4.79 Å². The number of nitrogens with zero attached hydrogens (tertiary/aromatic N) is 2. The minimum absolute atomic E-state index is 0.105. The van der Waals surface area contributed by atoms with Gasteiger partial charge in [-0.05, 0) is 18.4 Å². The molecule has 0 bridgehead atoms. The normalized spacial score (nSPS) is 16.2. The van der Waals surface area contributed by atoms with E-state index in [2.05, 4.69) is 4.98 Å². The summed E-state index contributed by atoms with van der Waals surface area (Å²) >= 11 is 1.73. The fraction of sp³-hybridized carbons (Fsp3) is 0.500. The van der Waals surface area contributed by atoms with E-state index in [1.165, 1.54) is 6.26 Å². The van der Waals surface area contributed by atoms with Crippen LogP contribution in [0.15, 0.2) is 22.8 Å². The Kier molecular flexibility index (Phi) is 4.43. The maximum absolute atomic E-state index is 12.0. The van der Waals surface area contributed by atoms with E-state index in [1.807, 2.05) is 18.4 Å². The van der Waals surface area contributed by atoms with Crippen LogP contribution in [0, 0.1) is 0 Å². The molecular weight excluding hydrogens is 250 g/mol. The van der Waals surface area contributed by atoms with Gasteiger partial charge in [0.2, 0.25) is 5.89 Å². The molecule has 0 saturated heterocycles. The van der Waals surface area contributed by atoms with Crippen LogP contribution >= 0.6 is 11.8 Å². The second-order valence-corrected chi connectivity index (χ2v) is 5.13. The van der Waals surface area contributed by atoms with Crippen LogP contribution in [-0.4, -0.2) is 40.9 Å². The number of rotatable bonds is 5. The molecule has 1 aromatic heterocycles. The van der Waals surface area contributed by atoms with Gasteiger partial charge in [-0.3, -0.25) is 4.79 Å². The van der Waals surface area contributed by atoms with E-state index in [0.717, 1.165) is 12.2 Å². The summed E-state index contributed by atoms with van der Waals surface area (Å²) in [6.45, 7) is 1.28. The molecule has 0 aromatic carbocycles. The van der Waals surface area contributed by atoms with Gasteiger partial charge in [-0.25, -0.2) is 4.98 Å². The standard InChI is InChI=1S/C12H17N3O2S/c1-18-7-4-9(13)11-14-10(8-17-11)12(16)15-5-2-3-6-15/h2-3,8-9H,4-7,13H2,1H3. The minimum atomic E-state index is -0.240. The predicted molar refractivity (Wildman–Crippen MR) is 71.5 cm³/mol. The number of oxazole rings is 1. The summed E-state index contributed by atoms with van der Waals surface area (Å²) < 4.78 is 5.29. The largest absolute Gasteiger partial charge is 0.446 e. The lowest BCUT2D eigenvalue weighted by Gasteiger charge is -2.12. The van der Waals surface area contributed by atoms with E-state index < -0.39 is 0 Å². The molecule has 98 valence electrons. The fourth-order valence-corrected chi connectivity index (χ4v) is 2.22. The van der Waals surface area contributed by atoms with Crippen molar-refractivity contribution in [1.29, 1.82) is 0 Å². The first-order valence-corrected chi connectivity index (χ1v) is 7.26. The van der Waals surface area contributed by atoms with Crippen molar-refractivity contribution in [3.8, 4) is 0 Å². The zero-order valence-electron chi connectivity index (χ0n) is 10.3. The third-order valence-electron chi connectivity index (χ3n) is 2.80. The highest BCUT2D eigenvalue weighted by Crippen LogP contribution is 2.17. The average Bonchev–Trinajstić information content (AvgIpc) is 3.05. The van der Waals surface area contributed by atoms with E-state index >= 15 is 0 Å². The molecule has 2 heterocycles. The Bertz CT molecular complexity index is 436. The monoisotopic (exact) mass is 267 g/mol. The van der Waals surface area contributed by atoms with Crippen LogP contribution in [0.1, 0.15) is 28.8 Å².